The summed E-state index contributed by atoms with van der Waals surface area (Å²) >= 11 is 0. The van der Waals surface area contributed by atoms with E-state index in [1.165, 1.54) is 4.90 Å². The molecule has 2 amide bonds. The molecule has 1 heterocycles. The fraction of sp³-hybridized carbons (Fsp3) is 0.364. The molecule has 29 heavy (non-hydrogen) atoms. The highest BCUT2D eigenvalue weighted by Crippen LogP contribution is 2.25. The predicted octanol–water partition coefficient (Wildman–Crippen LogP) is 3.00. The molecular formula is C22H27N3O4. The van der Waals surface area contributed by atoms with Gasteiger partial charge in [-0.1, -0.05) is 12.1 Å². The van der Waals surface area contributed by atoms with Crippen LogP contribution in [0.5, 0.6) is 5.75 Å². The van der Waals surface area contributed by atoms with Gasteiger partial charge in [0.15, 0.2) is 0 Å². The molecule has 0 spiro atoms. The summed E-state index contributed by atoms with van der Waals surface area (Å²) < 4.78 is 11.4. The second-order valence-electron chi connectivity index (χ2n) is 7.12. The third kappa shape index (κ3) is 5.96. The zero-order valence-electron chi connectivity index (χ0n) is 16.8. The van der Waals surface area contributed by atoms with Gasteiger partial charge in [0.1, 0.15) is 12.4 Å². The van der Waals surface area contributed by atoms with Crippen LogP contribution < -0.4 is 15.4 Å². The predicted molar refractivity (Wildman–Crippen MR) is 112 cm³/mol. The molecule has 1 aliphatic heterocycles. The van der Waals surface area contributed by atoms with Crippen molar-refractivity contribution in [3.63, 3.8) is 0 Å². The van der Waals surface area contributed by atoms with Crippen LogP contribution in [0.1, 0.15) is 23.2 Å². The Kier molecular flexibility index (Phi) is 7.08. The van der Waals surface area contributed by atoms with E-state index < -0.39 is 0 Å². The number of anilines is 2. The summed E-state index contributed by atoms with van der Waals surface area (Å²) in [5.74, 6) is 0.378. The lowest BCUT2D eigenvalue weighted by molar-refractivity contribution is -0.114. The van der Waals surface area contributed by atoms with Crippen molar-refractivity contribution in [3.05, 3.63) is 54.1 Å². The van der Waals surface area contributed by atoms with Crippen molar-refractivity contribution in [2.45, 2.75) is 18.9 Å². The van der Waals surface area contributed by atoms with Crippen molar-refractivity contribution in [2.75, 3.05) is 44.5 Å². The molecule has 1 aliphatic rings. The molecule has 1 saturated heterocycles. The van der Waals surface area contributed by atoms with E-state index >= 15 is 0 Å². The van der Waals surface area contributed by atoms with Crippen LogP contribution >= 0.6 is 0 Å². The van der Waals surface area contributed by atoms with Gasteiger partial charge in [0.25, 0.3) is 5.91 Å². The zero-order chi connectivity index (χ0) is 20.6. The van der Waals surface area contributed by atoms with Gasteiger partial charge in [-0.15, -0.1) is 0 Å². The van der Waals surface area contributed by atoms with Crippen LogP contribution in [0.15, 0.2) is 48.5 Å². The molecule has 0 radical (unpaired) electrons. The Hall–Kier alpha value is -3.06. The Morgan fingerprint density at radius 1 is 1.14 bits per heavy atom. The first-order chi connectivity index (χ1) is 14.0. The number of nitrogens with zero attached hydrogens (tertiary/aromatic N) is 1. The molecule has 154 valence electrons. The summed E-state index contributed by atoms with van der Waals surface area (Å²) in [5.41, 5.74) is 1.99. The van der Waals surface area contributed by atoms with Gasteiger partial charge in [-0.05, 0) is 49.2 Å². The Morgan fingerprint density at radius 2 is 1.90 bits per heavy atom. The topological polar surface area (TPSA) is 79.9 Å². The molecule has 0 aliphatic carbocycles. The zero-order valence-corrected chi connectivity index (χ0v) is 16.8. The third-order valence-corrected chi connectivity index (χ3v) is 4.60. The standard InChI is InChI=1S/C22H27N3O4/c1-25(2)22(27)16-9-11-17(12-10-16)23-14-21(26)24-19-7-3-4-8-20(19)29-15-18-6-5-13-28-18/h3-4,7-12,18,23H,5-6,13-15H2,1-2H3,(H,24,26). The molecule has 7 heteroatoms. The van der Waals surface area contributed by atoms with E-state index in [4.69, 9.17) is 9.47 Å². The minimum absolute atomic E-state index is 0.0612. The van der Waals surface area contributed by atoms with Crippen LogP contribution in [0, 0.1) is 0 Å². The highest BCUT2D eigenvalue weighted by atomic mass is 16.5. The Balaban J connectivity index is 1.51. The number of para-hydroxylation sites is 2. The first kappa shape index (κ1) is 20.7. The SMILES string of the molecule is CN(C)C(=O)c1ccc(NCC(=O)Nc2ccccc2OCC2CCCO2)cc1. The van der Waals surface area contributed by atoms with Crippen LogP contribution in [0.2, 0.25) is 0 Å². The molecule has 1 unspecified atom stereocenters. The summed E-state index contributed by atoms with van der Waals surface area (Å²) in [7, 11) is 3.42. The molecule has 2 aromatic carbocycles. The van der Waals surface area contributed by atoms with E-state index in [1.54, 1.807) is 38.4 Å². The highest BCUT2D eigenvalue weighted by Gasteiger charge is 2.17. The van der Waals surface area contributed by atoms with Gasteiger partial charge in [-0.25, -0.2) is 0 Å². The number of hydrogen-bond donors (Lipinski definition) is 2. The van der Waals surface area contributed by atoms with Crippen LogP contribution in [0.4, 0.5) is 11.4 Å². The first-order valence-corrected chi connectivity index (χ1v) is 9.72. The molecule has 0 bridgehead atoms. The number of hydrogen-bond acceptors (Lipinski definition) is 5. The summed E-state index contributed by atoms with van der Waals surface area (Å²) in [4.78, 5) is 25.8. The Bertz CT molecular complexity index is 830. The van der Waals surface area contributed by atoms with Crippen LogP contribution in [-0.2, 0) is 9.53 Å². The summed E-state index contributed by atoms with van der Waals surface area (Å²) in [6.07, 6.45) is 2.17. The van der Waals surface area contributed by atoms with Gasteiger partial charge in [0.2, 0.25) is 5.91 Å². The van der Waals surface area contributed by atoms with Crippen molar-refractivity contribution in [1.29, 1.82) is 0 Å². The monoisotopic (exact) mass is 397 g/mol. The molecule has 1 atom stereocenters. The van der Waals surface area contributed by atoms with Crippen molar-refractivity contribution < 1.29 is 19.1 Å². The normalized spacial score (nSPS) is 15.6. The number of nitrogens with one attached hydrogen (secondary N) is 2. The molecule has 7 nitrogen and oxygen atoms in total. The smallest absolute Gasteiger partial charge is 0.253 e. The fourth-order valence-electron chi connectivity index (χ4n) is 3.02. The number of benzene rings is 2. The highest BCUT2D eigenvalue weighted by molar-refractivity contribution is 5.96. The van der Waals surface area contributed by atoms with Crippen molar-refractivity contribution in [2.24, 2.45) is 0 Å². The molecule has 1 fully saturated rings. The maximum atomic E-state index is 12.3. The van der Waals surface area contributed by atoms with Crippen LogP contribution in [-0.4, -0.2) is 56.7 Å². The molecule has 2 N–H and O–H groups in total. The van der Waals surface area contributed by atoms with Crippen molar-refractivity contribution >= 4 is 23.2 Å². The summed E-state index contributed by atoms with van der Waals surface area (Å²) in [6, 6.07) is 14.4. The van der Waals surface area contributed by atoms with Gasteiger partial charge >= 0.3 is 0 Å². The number of ether oxygens (including phenoxy) is 2. The van der Waals surface area contributed by atoms with E-state index in [9.17, 15) is 9.59 Å². The minimum atomic E-state index is -0.188. The first-order valence-electron chi connectivity index (χ1n) is 9.72. The van der Waals surface area contributed by atoms with E-state index in [0.717, 1.165) is 25.1 Å². The molecule has 2 aromatic rings. The molecular weight excluding hydrogens is 370 g/mol. The second-order valence-corrected chi connectivity index (χ2v) is 7.12. The summed E-state index contributed by atoms with van der Waals surface area (Å²) in [5, 5.41) is 5.93. The minimum Gasteiger partial charge on any atom is -0.489 e. The second kappa shape index (κ2) is 9.93. The van der Waals surface area contributed by atoms with E-state index in [2.05, 4.69) is 10.6 Å². The van der Waals surface area contributed by atoms with E-state index in [1.807, 2.05) is 24.3 Å². The Morgan fingerprint density at radius 3 is 2.59 bits per heavy atom. The van der Waals surface area contributed by atoms with Gasteiger partial charge in [-0.3, -0.25) is 9.59 Å². The number of carbonyl (C=O) groups excluding carboxylic acids is 2. The number of amides is 2. The van der Waals surface area contributed by atoms with Crippen LogP contribution in [0.25, 0.3) is 0 Å². The maximum absolute atomic E-state index is 12.3. The number of carbonyl (C=O) groups is 2. The van der Waals surface area contributed by atoms with Gasteiger partial charge in [-0.2, -0.15) is 0 Å². The number of rotatable bonds is 8. The van der Waals surface area contributed by atoms with E-state index in [0.29, 0.717) is 23.6 Å². The van der Waals surface area contributed by atoms with Crippen LogP contribution in [0.3, 0.4) is 0 Å². The van der Waals surface area contributed by atoms with Crippen molar-refractivity contribution in [1.82, 2.24) is 4.90 Å². The van der Waals surface area contributed by atoms with Crippen molar-refractivity contribution in [3.8, 4) is 5.75 Å². The maximum Gasteiger partial charge on any atom is 0.253 e. The Labute approximate surface area is 171 Å². The largest absolute Gasteiger partial charge is 0.489 e. The summed E-state index contributed by atoms with van der Waals surface area (Å²) in [6.45, 7) is 1.35. The fourth-order valence-corrected chi connectivity index (χ4v) is 3.02. The average molecular weight is 397 g/mol. The lowest BCUT2D eigenvalue weighted by Gasteiger charge is -2.15. The van der Waals surface area contributed by atoms with E-state index in [-0.39, 0.29) is 24.5 Å². The molecule has 0 saturated carbocycles. The average Bonchev–Trinajstić information content (AvgIpc) is 3.25. The molecule has 0 aromatic heterocycles. The third-order valence-electron chi connectivity index (χ3n) is 4.60. The quantitative estimate of drug-likeness (QED) is 0.716. The lowest BCUT2D eigenvalue weighted by Crippen LogP contribution is -2.23. The lowest BCUT2D eigenvalue weighted by atomic mass is 10.2. The molecule has 3 rings (SSSR count). The van der Waals surface area contributed by atoms with Gasteiger partial charge in [0, 0.05) is 32.0 Å². The van der Waals surface area contributed by atoms with Gasteiger partial charge < -0.3 is 25.0 Å². The van der Waals surface area contributed by atoms with Gasteiger partial charge in [0.05, 0.1) is 18.3 Å².